The second kappa shape index (κ2) is 6.23. The van der Waals surface area contributed by atoms with E-state index < -0.39 is 5.60 Å². The third kappa shape index (κ3) is 5.06. The van der Waals surface area contributed by atoms with Gasteiger partial charge in [0.15, 0.2) is 0 Å². The number of carbonyl (C=O) groups excluding carboxylic acids is 2. The summed E-state index contributed by atoms with van der Waals surface area (Å²) in [6.07, 6.45) is 1.44. The fourth-order valence-corrected chi connectivity index (χ4v) is 2.13. The molecule has 0 saturated carbocycles. The molecule has 0 radical (unpaired) electrons. The van der Waals surface area contributed by atoms with Crippen molar-refractivity contribution in [2.75, 3.05) is 26.7 Å². The summed E-state index contributed by atoms with van der Waals surface area (Å²) >= 11 is 0. The van der Waals surface area contributed by atoms with E-state index in [-0.39, 0.29) is 18.0 Å². The highest BCUT2D eigenvalue weighted by atomic mass is 16.6. The number of rotatable bonds is 4. The van der Waals surface area contributed by atoms with E-state index in [2.05, 4.69) is 0 Å². The van der Waals surface area contributed by atoms with Gasteiger partial charge in [0.25, 0.3) is 0 Å². The number of amides is 2. The maximum atomic E-state index is 11.8. The van der Waals surface area contributed by atoms with Crippen LogP contribution in [0.4, 0.5) is 4.79 Å². The van der Waals surface area contributed by atoms with Crippen molar-refractivity contribution in [3.63, 3.8) is 0 Å². The molecule has 2 N–H and O–H groups in total. The minimum absolute atomic E-state index is 0.188. The number of hydrogen-bond acceptors (Lipinski definition) is 4. The fourth-order valence-electron chi connectivity index (χ4n) is 2.13. The molecule has 1 rings (SSSR count). The van der Waals surface area contributed by atoms with Crippen LogP contribution in [0.25, 0.3) is 0 Å². The van der Waals surface area contributed by atoms with Crippen LogP contribution >= 0.6 is 0 Å². The molecule has 1 heterocycles. The molecule has 110 valence electrons. The molecule has 0 spiro atoms. The monoisotopic (exact) mass is 271 g/mol. The predicted molar refractivity (Wildman–Crippen MR) is 72.7 cm³/mol. The van der Waals surface area contributed by atoms with Crippen molar-refractivity contribution < 1.29 is 14.3 Å². The first-order valence-corrected chi connectivity index (χ1v) is 6.68. The summed E-state index contributed by atoms with van der Waals surface area (Å²) in [5, 5.41) is 0. The molecule has 0 aromatic rings. The Labute approximate surface area is 114 Å². The second-order valence-corrected chi connectivity index (χ2v) is 6.00. The molecule has 0 aromatic heterocycles. The molecule has 6 nitrogen and oxygen atoms in total. The number of carbonyl (C=O) groups is 2. The Kier molecular flexibility index (Phi) is 5.17. The van der Waals surface area contributed by atoms with Gasteiger partial charge in [0.1, 0.15) is 5.60 Å². The van der Waals surface area contributed by atoms with E-state index in [1.54, 1.807) is 7.05 Å². The largest absolute Gasteiger partial charge is 0.444 e. The maximum absolute atomic E-state index is 11.8. The highest BCUT2D eigenvalue weighted by Crippen LogP contribution is 2.16. The van der Waals surface area contributed by atoms with Crippen molar-refractivity contribution in [2.45, 2.75) is 45.3 Å². The minimum atomic E-state index is -0.491. The topological polar surface area (TPSA) is 75.9 Å². The van der Waals surface area contributed by atoms with Gasteiger partial charge in [-0.05, 0) is 40.2 Å². The van der Waals surface area contributed by atoms with Crippen LogP contribution < -0.4 is 5.73 Å². The van der Waals surface area contributed by atoms with Crippen LogP contribution in [-0.4, -0.2) is 60.1 Å². The Morgan fingerprint density at radius 2 is 2.05 bits per heavy atom. The summed E-state index contributed by atoms with van der Waals surface area (Å²) in [5.41, 5.74) is 4.86. The maximum Gasteiger partial charge on any atom is 0.410 e. The van der Waals surface area contributed by atoms with Crippen LogP contribution in [0.2, 0.25) is 0 Å². The first kappa shape index (κ1) is 15.8. The van der Waals surface area contributed by atoms with Gasteiger partial charge in [-0.15, -0.1) is 0 Å². The zero-order valence-corrected chi connectivity index (χ0v) is 12.3. The SMILES string of the molecule is CN(CCN1CCC[C@H]1C(N)=O)C(=O)OC(C)(C)C. The average molecular weight is 271 g/mol. The van der Waals surface area contributed by atoms with Gasteiger partial charge < -0.3 is 15.4 Å². The number of nitrogens with zero attached hydrogens (tertiary/aromatic N) is 2. The van der Waals surface area contributed by atoms with E-state index in [0.29, 0.717) is 13.1 Å². The van der Waals surface area contributed by atoms with E-state index >= 15 is 0 Å². The lowest BCUT2D eigenvalue weighted by Crippen LogP contribution is -2.44. The van der Waals surface area contributed by atoms with E-state index in [1.165, 1.54) is 4.90 Å². The minimum Gasteiger partial charge on any atom is -0.444 e. The van der Waals surface area contributed by atoms with Crippen molar-refractivity contribution in [3.05, 3.63) is 0 Å². The highest BCUT2D eigenvalue weighted by Gasteiger charge is 2.29. The van der Waals surface area contributed by atoms with E-state index in [9.17, 15) is 9.59 Å². The van der Waals surface area contributed by atoms with Crippen LogP contribution in [0.3, 0.4) is 0 Å². The van der Waals surface area contributed by atoms with E-state index in [1.807, 2.05) is 25.7 Å². The Balaban J connectivity index is 2.39. The van der Waals surface area contributed by atoms with Crippen molar-refractivity contribution in [1.29, 1.82) is 0 Å². The molecule has 0 unspecified atom stereocenters. The normalized spacial score (nSPS) is 20.3. The van der Waals surface area contributed by atoms with E-state index in [4.69, 9.17) is 10.5 Å². The summed E-state index contributed by atoms with van der Waals surface area (Å²) in [7, 11) is 1.70. The third-order valence-corrected chi connectivity index (χ3v) is 3.12. The Bertz CT molecular complexity index is 339. The van der Waals surface area contributed by atoms with Gasteiger partial charge in [-0.2, -0.15) is 0 Å². The van der Waals surface area contributed by atoms with Crippen LogP contribution in [0.5, 0.6) is 0 Å². The molecule has 2 amide bonds. The number of likely N-dealkylation sites (tertiary alicyclic amines) is 1. The number of primary amides is 1. The van der Waals surface area contributed by atoms with Crippen molar-refractivity contribution in [3.8, 4) is 0 Å². The molecule has 1 saturated heterocycles. The summed E-state index contributed by atoms with van der Waals surface area (Å²) in [6, 6.07) is -0.188. The predicted octanol–water partition coefficient (Wildman–Crippen LogP) is 0.803. The number of likely N-dealkylation sites (N-methyl/N-ethyl adjacent to an activating group) is 1. The van der Waals surface area contributed by atoms with Crippen LogP contribution in [0.15, 0.2) is 0 Å². The first-order valence-electron chi connectivity index (χ1n) is 6.68. The van der Waals surface area contributed by atoms with Crippen molar-refractivity contribution in [1.82, 2.24) is 9.80 Å². The summed E-state index contributed by atoms with van der Waals surface area (Å²) in [5.74, 6) is -0.280. The molecular formula is C13H25N3O3. The van der Waals surface area contributed by atoms with Crippen LogP contribution in [-0.2, 0) is 9.53 Å². The lowest BCUT2D eigenvalue weighted by atomic mass is 10.2. The molecule has 1 aliphatic rings. The number of hydrogen-bond donors (Lipinski definition) is 1. The van der Waals surface area contributed by atoms with Crippen LogP contribution in [0, 0.1) is 0 Å². The number of ether oxygens (including phenoxy) is 1. The van der Waals surface area contributed by atoms with Crippen molar-refractivity contribution >= 4 is 12.0 Å². The lowest BCUT2D eigenvalue weighted by Gasteiger charge is -2.27. The van der Waals surface area contributed by atoms with Crippen LogP contribution in [0.1, 0.15) is 33.6 Å². The number of nitrogens with two attached hydrogens (primary N) is 1. The van der Waals surface area contributed by atoms with Gasteiger partial charge >= 0.3 is 6.09 Å². The molecule has 0 aromatic carbocycles. The van der Waals surface area contributed by atoms with Gasteiger partial charge in [0.05, 0.1) is 6.04 Å². The second-order valence-electron chi connectivity index (χ2n) is 6.00. The van der Waals surface area contributed by atoms with Gasteiger partial charge in [-0.1, -0.05) is 0 Å². The summed E-state index contributed by atoms with van der Waals surface area (Å²) in [6.45, 7) is 7.53. The molecule has 1 aliphatic heterocycles. The summed E-state index contributed by atoms with van der Waals surface area (Å²) in [4.78, 5) is 26.6. The molecular weight excluding hydrogens is 246 g/mol. The lowest BCUT2D eigenvalue weighted by molar-refractivity contribution is -0.122. The molecule has 6 heteroatoms. The zero-order chi connectivity index (χ0) is 14.6. The van der Waals surface area contributed by atoms with Crippen molar-refractivity contribution in [2.24, 2.45) is 5.73 Å². The molecule has 0 bridgehead atoms. The third-order valence-electron chi connectivity index (χ3n) is 3.12. The van der Waals surface area contributed by atoms with Gasteiger partial charge in [0, 0.05) is 20.1 Å². The molecule has 1 atom stereocenters. The Morgan fingerprint density at radius 1 is 1.42 bits per heavy atom. The molecule has 0 aliphatic carbocycles. The fraction of sp³-hybridized carbons (Fsp3) is 0.846. The standard InChI is InChI=1S/C13H25N3O3/c1-13(2,3)19-12(18)15(4)8-9-16-7-5-6-10(16)11(14)17/h10H,5-9H2,1-4H3,(H2,14,17)/t10-/m0/s1. The summed E-state index contributed by atoms with van der Waals surface area (Å²) < 4.78 is 5.27. The zero-order valence-electron chi connectivity index (χ0n) is 12.3. The van der Waals surface area contributed by atoms with Gasteiger partial charge in [-0.3, -0.25) is 9.69 Å². The molecule has 1 fully saturated rings. The smallest absolute Gasteiger partial charge is 0.410 e. The van der Waals surface area contributed by atoms with E-state index in [0.717, 1.165) is 19.4 Å². The average Bonchev–Trinajstić information content (AvgIpc) is 2.71. The van der Waals surface area contributed by atoms with Gasteiger partial charge in [0.2, 0.25) is 5.91 Å². The highest BCUT2D eigenvalue weighted by molar-refractivity contribution is 5.80. The Hall–Kier alpha value is -1.30. The first-order chi connectivity index (χ1) is 8.70. The quantitative estimate of drug-likeness (QED) is 0.820. The van der Waals surface area contributed by atoms with Gasteiger partial charge in [-0.25, -0.2) is 4.79 Å². The Morgan fingerprint density at radius 3 is 2.58 bits per heavy atom. The molecule has 19 heavy (non-hydrogen) atoms.